The standard InChI is InChI=1S/C29H45NO/c1-4-6-8-10-11-12-13-14-16-26-17-22-29(30-24-26)25(3)27-18-20-28(21-19-27)31-23-15-9-7-5-2/h17-22,24-25H,4-16,23H2,1-3H3. The Morgan fingerprint density at radius 3 is 1.94 bits per heavy atom. The monoisotopic (exact) mass is 423 g/mol. The highest BCUT2D eigenvalue weighted by Gasteiger charge is 2.10. The molecule has 0 N–H and O–H groups in total. The summed E-state index contributed by atoms with van der Waals surface area (Å²) in [5, 5.41) is 0. The van der Waals surface area contributed by atoms with E-state index in [2.05, 4.69) is 63.4 Å². The Bertz CT molecular complexity index is 677. The molecule has 0 fully saturated rings. The number of ether oxygens (including phenoxy) is 1. The fourth-order valence-corrected chi connectivity index (χ4v) is 4.05. The highest BCUT2D eigenvalue weighted by Crippen LogP contribution is 2.25. The van der Waals surface area contributed by atoms with E-state index in [0.29, 0.717) is 5.92 Å². The second kappa shape index (κ2) is 15.9. The molecular weight excluding hydrogens is 378 g/mol. The minimum Gasteiger partial charge on any atom is -0.494 e. The van der Waals surface area contributed by atoms with Crippen molar-refractivity contribution in [2.24, 2.45) is 0 Å². The van der Waals surface area contributed by atoms with Gasteiger partial charge in [-0.25, -0.2) is 0 Å². The molecule has 0 saturated heterocycles. The zero-order chi connectivity index (χ0) is 22.2. The molecule has 0 aliphatic carbocycles. The van der Waals surface area contributed by atoms with Gasteiger partial charge in [-0.2, -0.15) is 0 Å². The molecule has 0 saturated carbocycles. The van der Waals surface area contributed by atoms with Crippen LogP contribution in [-0.2, 0) is 6.42 Å². The molecule has 0 amide bonds. The van der Waals surface area contributed by atoms with Crippen molar-refractivity contribution in [3.05, 3.63) is 59.4 Å². The van der Waals surface area contributed by atoms with Crippen LogP contribution < -0.4 is 4.74 Å². The van der Waals surface area contributed by atoms with Crippen molar-refractivity contribution in [3.63, 3.8) is 0 Å². The Morgan fingerprint density at radius 2 is 1.32 bits per heavy atom. The zero-order valence-electron chi connectivity index (χ0n) is 20.4. The van der Waals surface area contributed by atoms with Gasteiger partial charge >= 0.3 is 0 Å². The molecule has 0 aliphatic heterocycles. The lowest BCUT2D eigenvalue weighted by molar-refractivity contribution is 0.305. The van der Waals surface area contributed by atoms with Crippen LogP contribution in [0.1, 0.15) is 121 Å². The van der Waals surface area contributed by atoms with Gasteiger partial charge in [0.05, 0.1) is 6.61 Å². The maximum absolute atomic E-state index is 5.87. The summed E-state index contributed by atoms with van der Waals surface area (Å²) < 4.78 is 5.87. The van der Waals surface area contributed by atoms with Gasteiger partial charge in [0.1, 0.15) is 5.75 Å². The highest BCUT2D eigenvalue weighted by molar-refractivity contribution is 5.33. The lowest BCUT2D eigenvalue weighted by atomic mass is 9.96. The number of hydrogen-bond acceptors (Lipinski definition) is 2. The minimum atomic E-state index is 0.302. The van der Waals surface area contributed by atoms with Crippen molar-refractivity contribution in [1.82, 2.24) is 4.98 Å². The van der Waals surface area contributed by atoms with E-state index in [1.54, 1.807) is 0 Å². The van der Waals surface area contributed by atoms with Crippen molar-refractivity contribution >= 4 is 0 Å². The van der Waals surface area contributed by atoms with Crippen LogP contribution in [0.15, 0.2) is 42.6 Å². The molecule has 31 heavy (non-hydrogen) atoms. The average molecular weight is 424 g/mol. The van der Waals surface area contributed by atoms with Gasteiger partial charge in [-0.05, 0) is 48.6 Å². The molecule has 1 aromatic heterocycles. The number of aromatic nitrogens is 1. The largest absolute Gasteiger partial charge is 0.494 e. The number of unbranched alkanes of at least 4 members (excludes halogenated alkanes) is 10. The first kappa shape index (κ1) is 25.4. The Hall–Kier alpha value is -1.83. The second-order valence-corrected chi connectivity index (χ2v) is 9.02. The summed E-state index contributed by atoms with van der Waals surface area (Å²) in [6, 6.07) is 13.0. The fourth-order valence-electron chi connectivity index (χ4n) is 4.05. The maximum Gasteiger partial charge on any atom is 0.119 e. The van der Waals surface area contributed by atoms with Crippen LogP contribution in [-0.4, -0.2) is 11.6 Å². The van der Waals surface area contributed by atoms with E-state index in [0.717, 1.165) is 30.9 Å². The Balaban J connectivity index is 1.70. The minimum absolute atomic E-state index is 0.302. The number of benzene rings is 1. The summed E-state index contributed by atoms with van der Waals surface area (Å²) in [5.74, 6) is 1.27. The van der Waals surface area contributed by atoms with E-state index in [-0.39, 0.29) is 0 Å². The van der Waals surface area contributed by atoms with Gasteiger partial charge < -0.3 is 4.74 Å². The van der Waals surface area contributed by atoms with E-state index in [9.17, 15) is 0 Å². The molecule has 0 radical (unpaired) electrons. The Labute approximate surface area is 191 Å². The number of rotatable bonds is 17. The Kier molecular flexibility index (Phi) is 13.0. The predicted octanol–water partition coefficient (Wildman–Crippen LogP) is 8.88. The van der Waals surface area contributed by atoms with Crippen molar-refractivity contribution < 1.29 is 4.74 Å². The Morgan fingerprint density at radius 1 is 0.710 bits per heavy atom. The van der Waals surface area contributed by atoms with E-state index < -0.39 is 0 Å². The first-order valence-corrected chi connectivity index (χ1v) is 12.9. The molecule has 1 atom stereocenters. The number of pyridine rings is 1. The normalized spacial score (nSPS) is 12.1. The molecule has 1 unspecified atom stereocenters. The fraction of sp³-hybridized carbons (Fsp3) is 0.621. The molecule has 2 nitrogen and oxygen atoms in total. The first-order chi connectivity index (χ1) is 15.2. The SMILES string of the molecule is CCCCCCCCCCc1ccc(C(C)c2ccc(OCCCCCC)cc2)nc1. The second-order valence-electron chi connectivity index (χ2n) is 9.02. The van der Waals surface area contributed by atoms with Gasteiger partial charge in [0.2, 0.25) is 0 Å². The number of nitrogens with zero attached hydrogens (tertiary/aromatic N) is 1. The molecule has 172 valence electrons. The zero-order valence-corrected chi connectivity index (χ0v) is 20.4. The van der Waals surface area contributed by atoms with Crippen LogP contribution in [0.25, 0.3) is 0 Å². The molecule has 2 rings (SSSR count). The predicted molar refractivity (Wildman–Crippen MR) is 134 cm³/mol. The van der Waals surface area contributed by atoms with E-state index in [4.69, 9.17) is 9.72 Å². The van der Waals surface area contributed by atoms with Crippen LogP contribution in [0.4, 0.5) is 0 Å². The smallest absolute Gasteiger partial charge is 0.119 e. The summed E-state index contributed by atoms with van der Waals surface area (Å²) in [7, 11) is 0. The molecule has 2 aromatic rings. The van der Waals surface area contributed by atoms with Crippen molar-refractivity contribution in [1.29, 1.82) is 0 Å². The van der Waals surface area contributed by atoms with E-state index in [1.807, 2.05) is 0 Å². The summed E-state index contributed by atoms with van der Waals surface area (Å²) in [6.07, 6.45) is 19.2. The lowest BCUT2D eigenvalue weighted by Crippen LogP contribution is -2.01. The first-order valence-electron chi connectivity index (χ1n) is 12.9. The van der Waals surface area contributed by atoms with Crippen LogP contribution in [0.3, 0.4) is 0 Å². The summed E-state index contributed by atoms with van der Waals surface area (Å²) in [4.78, 5) is 4.77. The maximum atomic E-state index is 5.87. The van der Waals surface area contributed by atoms with Gasteiger partial charge in [0.25, 0.3) is 0 Å². The average Bonchev–Trinajstić information content (AvgIpc) is 2.81. The van der Waals surface area contributed by atoms with Crippen LogP contribution >= 0.6 is 0 Å². The van der Waals surface area contributed by atoms with Crippen LogP contribution in [0, 0.1) is 0 Å². The van der Waals surface area contributed by atoms with Gasteiger partial charge in [-0.3, -0.25) is 4.98 Å². The molecule has 0 spiro atoms. The van der Waals surface area contributed by atoms with Crippen LogP contribution in [0.2, 0.25) is 0 Å². The molecule has 1 heterocycles. The third-order valence-electron chi connectivity index (χ3n) is 6.26. The highest BCUT2D eigenvalue weighted by atomic mass is 16.5. The van der Waals surface area contributed by atoms with Crippen molar-refractivity contribution in [2.75, 3.05) is 6.61 Å². The molecule has 0 bridgehead atoms. The van der Waals surface area contributed by atoms with Gasteiger partial charge in [-0.15, -0.1) is 0 Å². The quantitative estimate of drug-likeness (QED) is 0.237. The molecule has 1 aromatic carbocycles. The topological polar surface area (TPSA) is 22.1 Å². The van der Waals surface area contributed by atoms with Gasteiger partial charge in [0.15, 0.2) is 0 Å². The molecular formula is C29H45NO. The summed E-state index contributed by atoms with van der Waals surface area (Å²) >= 11 is 0. The summed E-state index contributed by atoms with van der Waals surface area (Å²) in [5.41, 5.74) is 3.81. The number of hydrogen-bond donors (Lipinski definition) is 0. The lowest BCUT2D eigenvalue weighted by Gasteiger charge is -2.13. The third-order valence-corrected chi connectivity index (χ3v) is 6.26. The van der Waals surface area contributed by atoms with Gasteiger partial charge in [0, 0.05) is 17.8 Å². The van der Waals surface area contributed by atoms with Crippen LogP contribution in [0.5, 0.6) is 5.75 Å². The molecule has 2 heteroatoms. The van der Waals surface area contributed by atoms with Crippen molar-refractivity contribution in [3.8, 4) is 5.75 Å². The van der Waals surface area contributed by atoms with E-state index >= 15 is 0 Å². The van der Waals surface area contributed by atoms with Crippen molar-refractivity contribution in [2.45, 2.75) is 110 Å². The number of aryl methyl sites for hydroxylation is 1. The van der Waals surface area contributed by atoms with E-state index in [1.165, 1.54) is 81.8 Å². The third kappa shape index (κ3) is 10.4. The summed E-state index contributed by atoms with van der Waals surface area (Å²) in [6.45, 7) is 7.57. The molecule has 0 aliphatic rings. The van der Waals surface area contributed by atoms with Gasteiger partial charge in [-0.1, -0.05) is 103 Å².